The molecule has 0 atom stereocenters. The normalized spacial score (nSPS) is 11.1. The monoisotopic (exact) mass is 489 g/mol. The van der Waals surface area contributed by atoms with Crippen LogP contribution in [-0.4, -0.2) is 30.7 Å². The van der Waals surface area contributed by atoms with Crippen molar-refractivity contribution in [3.8, 4) is 34.0 Å². The Morgan fingerprint density at radius 1 is 0.971 bits per heavy atom. The van der Waals surface area contributed by atoms with Crippen molar-refractivity contribution in [2.75, 3.05) is 11.0 Å². The maximum absolute atomic E-state index is 11.9. The van der Waals surface area contributed by atoms with Gasteiger partial charge in [-0.15, -0.1) is 0 Å². The van der Waals surface area contributed by atoms with Gasteiger partial charge in [0, 0.05) is 24.2 Å². The quantitative estimate of drug-likeness (QED) is 0.326. The number of pyridine rings is 1. The Hall–Kier alpha value is -4.21. The van der Waals surface area contributed by atoms with Crippen LogP contribution in [0, 0.1) is 0 Å². The van der Waals surface area contributed by atoms with Crippen molar-refractivity contribution in [1.82, 2.24) is 4.98 Å². The summed E-state index contributed by atoms with van der Waals surface area (Å²) < 4.78 is 32.2. The maximum Gasteiger partial charge on any atom is 0.336 e. The Bertz CT molecular complexity index is 1500. The molecule has 9 heteroatoms. The minimum Gasteiger partial charge on any atom is -0.478 e. The van der Waals surface area contributed by atoms with Gasteiger partial charge in [0.25, 0.3) is 0 Å². The lowest BCUT2D eigenvalue weighted by atomic mass is 10.0. The van der Waals surface area contributed by atoms with E-state index in [2.05, 4.69) is 9.71 Å². The van der Waals surface area contributed by atoms with Gasteiger partial charge in [0.05, 0.1) is 23.2 Å². The molecular weight excluding hydrogens is 466 g/mol. The highest BCUT2D eigenvalue weighted by Crippen LogP contribution is 2.33. The molecule has 3 aromatic carbocycles. The summed E-state index contributed by atoms with van der Waals surface area (Å²) in [5.74, 6) is -0.485. The number of sulfonamides is 1. The Balaban J connectivity index is 1.74. The number of nitrogens with two attached hydrogens (primary N) is 1. The first-order valence-corrected chi connectivity index (χ1v) is 12.5. The van der Waals surface area contributed by atoms with Crippen molar-refractivity contribution in [3.05, 3.63) is 96.1 Å². The number of anilines is 1. The van der Waals surface area contributed by atoms with Crippen LogP contribution < -0.4 is 15.2 Å². The molecule has 0 bridgehead atoms. The molecule has 0 saturated carbocycles. The van der Waals surface area contributed by atoms with Crippen molar-refractivity contribution < 1.29 is 23.1 Å². The highest BCUT2D eigenvalue weighted by Gasteiger charge is 2.14. The molecule has 4 N–H and O–H groups in total. The van der Waals surface area contributed by atoms with Crippen molar-refractivity contribution in [2.24, 2.45) is 5.73 Å². The molecule has 0 radical (unpaired) electrons. The van der Waals surface area contributed by atoms with E-state index < -0.39 is 16.0 Å². The summed E-state index contributed by atoms with van der Waals surface area (Å²) in [7, 11) is -3.53. The van der Waals surface area contributed by atoms with Gasteiger partial charge >= 0.3 is 5.97 Å². The van der Waals surface area contributed by atoms with E-state index in [9.17, 15) is 18.3 Å². The summed E-state index contributed by atoms with van der Waals surface area (Å²) in [6, 6.07) is 24.2. The molecule has 4 aromatic rings. The lowest BCUT2D eigenvalue weighted by molar-refractivity contribution is 0.0697. The third kappa shape index (κ3) is 6.03. The zero-order chi connectivity index (χ0) is 25.0. The van der Waals surface area contributed by atoms with Gasteiger partial charge in [0.1, 0.15) is 5.75 Å². The third-order valence-corrected chi connectivity index (χ3v) is 5.69. The van der Waals surface area contributed by atoms with Crippen LogP contribution in [0.3, 0.4) is 0 Å². The van der Waals surface area contributed by atoms with Crippen LogP contribution >= 0.6 is 0 Å². The zero-order valence-electron chi connectivity index (χ0n) is 18.8. The van der Waals surface area contributed by atoms with Crippen LogP contribution in [0.5, 0.6) is 11.6 Å². The van der Waals surface area contributed by atoms with Crippen LogP contribution in [0.25, 0.3) is 22.4 Å². The fourth-order valence-corrected chi connectivity index (χ4v) is 4.16. The summed E-state index contributed by atoms with van der Waals surface area (Å²) in [5, 5.41) is 9.51. The van der Waals surface area contributed by atoms with Gasteiger partial charge in [-0.25, -0.2) is 18.2 Å². The molecule has 8 nitrogen and oxygen atoms in total. The molecule has 0 aliphatic rings. The first-order chi connectivity index (χ1) is 16.7. The molecule has 35 heavy (non-hydrogen) atoms. The van der Waals surface area contributed by atoms with E-state index in [1.807, 2.05) is 24.3 Å². The Kier molecular flexibility index (Phi) is 6.81. The van der Waals surface area contributed by atoms with E-state index in [0.29, 0.717) is 29.2 Å². The maximum atomic E-state index is 11.9. The summed E-state index contributed by atoms with van der Waals surface area (Å²) in [5.41, 5.74) is 9.60. The number of ether oxygens (including phenoxy) is 1. The fourth-order valence-electron chi connectivity index (χ4n) is 3.61. The number of carbonyl (C=O) groups is 1. The van der Waals surface area contributed by atoms with Gasteiger partial charge in [-0.2, -0.15) is 0 Å². The van der Waals surface area contributed by atoms with Crippen LogP contribution in [0.2, 0.25) is 0 Å². The number of hydrogen-bond donors (Lipinski definition) is 3. The number of nitrogens with one attached hydrogen (secondary N) is 1. The molecule has 0 spiro atoms. The number of aromatic carboxylic acids is 1. The molecule has 0 fully saturated rings. The van der Waals surface area contributed by atoms with Gasteiger partial charge < -0.3 is 15.6 Å². The van der Waals surface area contributed by atoms with E-state index >= 15 is 0 Å². The highest BCUT2D eigenvalue weighted by molar-refractivity contribution is 7.92. The number of nitrogens with zero attached hydrogens (tertiary/aromatic N) is 1. The van der Waals surface area contributed by atoms with Crippen LogP contribution in [0.1, 0.15) is 15.9 Å². The van der Waals surface area contributed by atoms with Gasteiger partial charge in [-0.05, 0) is 47.0 Å². The van der Waals surface area contributed by atoms with Crippen LogP contribution in [-0.2, 0) is 16.6 Å². The summed E-state index contributed by atoms with van der Waals surface area (Å²) in [6.45, 7) is 0.368. The largest absolute Gasteiger partial charge is 0.478 e. The minimum absolute atomic E-state index is 0.124. The van der Waals surface area contributed by atoms with Crippen molar-refractivity contribution in [2.45, 2.75) is 6.54 Å². The SMILES string of the molecule is CS(=O)(=O)Nc1cc(Oc2cccc(-c3ccccc3C(=O)O)n2)cc(-c2cccc(CN)c2)c1. The number of rotatable bonds is 8. The molecule has 0 amide bonds. The molecule has 0 saturated heterocycles. The van der Waals surface area contributed by atoms with Crippen LogP contribution in [0.15, 0.2) is 84.9 Å². The topological polar surface area (TPSA) is 132 Å². The van der Waals surface area contributed by atoms with Gasteiger partial charge in [-0.1, -0.05) is 42.5 Å². The van der Waals surface area contributed by atoms with Crippen LogP contribution in [0.4, 0.5) is 5.69 Å². The van der Waals surface area contributed by atoms with Gasteiger partial charge in [0.15, 0.2) is 0 Å². The van der Waals surface area contributed by atoms with Gasteiger partial charge in [-0.3, -0.25) is 4.72 Å². The number of carboxylic acid groups (broad SMARTS) is 1. The molecule has 0 aliphatic carbocycles. The molecule has 0 unspecified atom stereocenters. The number of aromatic nitrogens is 1. The van der Waals surface area contributed by atoms with E-state index in [0.717, 1.165) is 22.9 Å². The smallest absolute Gasteiger partial charge is 0.336 e. The molecule has 1 aromatic heterocycles. The Morgan fingerprint density at radius 2 is 1.74 bits per heavy atom. The summed E-state index contributed by atoms with van der Waals surface area (Å²) >= 11 is 0. The molecule has 178 valence electrons. The lowest BCUT2D eigenvalue weighted by Crippen LogP contribution is -2.09. The number of hydrogen-bond acceptors (Lipinski definition) is 6. The standard InChI is InChI=1S/C26H23N3O5S/c1-35(32,33)29-20-13-19(18-7-4-6-17(12-18)16-27)14-21(15-20)34-25-11-5-10-24(28-25)22-8-2-3-9-23(22)26(30)31/h2-15,29H,16,27H2,1H3,(H,30,31). The van der Waals surface area contributed by atoms with Crippen molar-refractivity contribution in [1.29, 1.82) is 0 Å². The second kappa shape index (κ2) is 9.96. The third-order valence-electron chi connectivity index (χ3n) is 5.09. The highest BCUT2D eigenvalue weighted by atomic mass is 32.2. The first kappa shape index (κ1) is 23.9. The summed E-state index contributed by atoms with van der Waals surface area (Å²) in [6.07, 6.45) is 1.07. The van der Waals surface area contributed by atoms with E-state index in [1.54, 1.807) is 54.6 Å². The van der Waals surface area contributed by atoms with E-state index in [1.165, 1.54) is 6.07 Å². The fraction of sp³-hybridized carbons (Fsp3) is 0.0769. The predicted molar refractivity (Wildman–Crippen MR) is 135 cm³/mol. The van der Waals surface area contributed by atoms with E-state index in [4.69, 9.17) is 10.5 Å². The average molecular weight is 490 g/mol. The molecule has 1 heterocycles. The molecule has 0 aliphatic heterocycles. The first-order valence-electron chi connectivity index (χ1n) is 10.6. The summed E-state index contributed by atoms with van der Waals surface area (Å²) in [4.78, 5) is 16.1. The second-order valence-corrected chi connectivity index (χ2v) is 9.59. The van der Waals surface area contributed by atoms with Gasteiger partial charge in [0.2, 0.25) is 15.9 Å². The van der Waals surface area contributed by atoms with E-state index in [-0.39, 0.29) is 11.4 Å². The second-order valence-electron chi connectivity index (χ2n) is 7.84. The number of carboxylic acids is 1. The number of benzene rings is 3. The molecular formula is C26H23N3O5S. The lowest BCUT2D eigenvalue weighted by Gasteiger charge is -2.13. The molecule has 4 rings (SSSR count). The minimum atomic E-state index is -3.53. The predicted octanol–water partition coefficient (Wildman–Crippen LogP) is 4.74. The zero-order valence-corrected chi connectivity index (χ0v) is 19.6. The Morgan fingerprint density at radius 3 is 2.49 bits per heavy atom. The Labute approximate surface area is 203 Å². The van der Waals surface area contributed by atoms with Crippen molar-refractivity contribution in [3.63, 3.8) is 0 Å². The van der Waals surface area contributed by atoms with Crippen molar-refractivity contribution >= 4 is 21.7 Å². The average Bonchev–Trinajstić information content (AvgIpc) is 2.83.